The van der Waals surface area contributed by atoms with Gasteiger partial charge in [0.25, 0.3) is 5.91 Å². The summed E-state index contributed by atoms with van der Waals surface area (Å²) in [5.41, 5.74) is 6.73. The van der Waals surface area contributed by atoms with E-state index in [0.717, 1.165) is 0 Å². The van der Waals surface area contributed by atoms with E-state index in [9.17, 15) is 4.79 Å². The Morgan fingerprint density at radius 3 is 2.81 bits per heavy atom. The van der Waals surface area contributed by atoms with Crippen molar-refractivity contribution < 1.29 is 4.79 Å². The van der Waals surface area contributed by atoms with Crippen LogP contribution in [0.1, 0.15) is 36.1 Å². The number of benzene rings is 1. The topological polar surface area (TPSA) is 80.9 Å². The van der Waals surface area contributed by atoms with Crippen LogP contribution < -0.4 is 11.1 Å². The van der Waals surface area contributed by atoms with Crippen LogP contribution in [-0.2, 0) is 0 Å². The van der Waals surface area contributed by atoms with Crippen molar-refractivity contribution in [2.45, 2.75) is 19.8 Å². The zero-order valence-corrected chi connectivity index (χ0v) is 13.9. The summed E-state index contributed by atoms with van der Waals surface area (Å²) >= 11 is 9.32. The number of carbonyl (C=O) groups is 1. The first-order valence-corrected chi connectivity index (χ1v) is 7.45. The number of carbonyl (C=O) groups excluding carboxylic acids is 1. The fraction of sp³-hybridized carbons (Fsp3) is 0.214. The van der Waals surface area contributed by atoms with Gasteiger partial charge in [-0.15, -0.1) is 0 Å². The first kappa shape index (κ1) is 15.7. The molecule has 1 aromatic carbocycles. The van der Waals surface area contributed by atoms with Crippen LogP contribution in [0.2, 0.25) is 5.02 Å². The number of halogens is 2. The Morgan fingerprint density at radius 1 is 1.43 bits per heavy atom. The van der Waals surface area contributed by atoms with Crippen molar-refractivity contribution in [2.75, 3.05) is 11.1 Å². The number of nitrogens with zero attached hydrogens (tertiary/aromatic N) is 2. The molecule has 1 amide bonds. The van der Waals surface area contributed by atoms with E-state index in [1.807, 2.05) is 13.8 Å². The number of aromatic nitrogens is 2. The summed E-state index contributed by atoms with van der Waals surface area (Å²) in [5, 5.41) is 3.24. The third-order valence-corrected chi connectivity index (χ3v) is 4.16. The van der Waals surface area contributed by atoms with Crippen LogP contribution in [0.4, 0.5) is 11.4 Å². The quantitative estimate of drug-likeness (QED) is 0.861. The van der Waals surface area contributed by atoms with Crippen molar-refractivity contribution in [2.24, 2.45) is 0 Å². The van der Waals surface area contributed by atoms with E-state index in [1.54, 1.807) is 18.2 Å². The highest BCUT2D eigenvalue weighted by atomic mass is 79.9. The molecule has 110 valence electrons. The molecule has 1 aromatic heterocycles. The lowest BCUT2D eigenvalue weighted by Gasteiger charge is -2.11. The van der Waals surface area contributed by atoms with Crippen LogP contribution in [-0.4, -0.2) is 15.9 Å². The maximum absolute atomic E-state index is 12.3. The number of nitrogens with two attached hydrogens (primary N) is 1. The van der Waals surface area contributed by atoms with Gasteiger partial charge < -0.3 is 11.1 Å². The van der Waals surface area contributed by atoms with Gasteiger partial charge in [0.1, 0.15) is 5.82 Å². The lowest BCUT2D eigenvalue weighted by atomic mass is 10.2. The number of amides is 1. The molecule has 0 saturated carbocycles. The van der Waals surface area contributed by atoms with Crippen LogP contribution in [0.15, 0.2) is 28.9 Å². The molecule has 21 heavy (non-hydrogen) atoms. The van der Waals surface area contributed by atoms with E-state index < -0.39 is 5.91 Å². The summed E-state index contributed by atoms with van der Waals surface area (Å²) in [6.07, 6.45) is 1.45. The first-order valence-electron chi connectivity index (χ1n) is 6.28. The van der Waals surface area contributed by atoms with Gasteiger partial charge in [0.05, 0.1) is 27.1 Å². The Labute approximate surface area is 136 Å². The Hall–Kier alpha value is -1.66. The Kier molecular flexibility index (Phi) is 4.80. The van der Waals surface area contributed by atoms with Gasteiger partial charge in [-0.1, -0.05) is 31.5 Å². The molecule has 0 bridgehead atoms. The van der Waals surface area contributed by atoms with Crippen molar-refractivity contribution in [1.29, 1.82) is 0 Å². The maximum atomic E-state index is 12.3. The highest BCUT2D eigenvalue weighted by Crippen LogP contribution is 2.30. The third-order valence-electron chi connectivity index (χ3n) is 2.77. The van der Waals surface area contributed by atoms with Crippen LogP contribution in [0.3, 0.4) is 0 Å². The average molecular weight is 370 g/mol. The number of anilines is 2. The van der Waals surface area contributed by atoms with Crippen LogP contribution >= 0.6 is 27.5 Å². The van der Waals surface area contributed by atoms with Gasteiger partial charge in [-0.05, 0) is 28.1 Å². The molecule has 0 saturated heterocycles. The molecule has 1 heterocycles. The molecule has 0 unspecified atom stereocenters. The van der Waals surface area contributed by atoms with E-state index in [-0.39, 0.29) is 17.3 Å². The molecule has 7 heteroatoms. The van der Waals surface area contributed by atoms with Crippen LogP contribution in [0, 0.1) is 0 Å². The molecule has 5 nitrogen and oxygen atoms in total. The maximum Gasteiger partial charge on any atom is 0.276 e. The number of nitrogen functional groups attached to an aromatic ring is 1. The summed E-state index contributed by atoms with van der Waals surface area (Å²) in [5.74, 6) is 0.273. The minimum absolute atomic E-state index is 0.107. The molecule has 0 aliphatic carbocycles. The van der Waals surface area contributed by atoms with E-state index in [1.165, 1.54) is 6.20 Å². The molecule has 3 N–H and O–H groups in total. The average Bonchev–Trinajstić information content (AvgIpc) is 2.44. The van der Waals surface area contributed by atoms with Gasteiger partial charge in [0.15, 0.2) is 5.69 Å². The predicted octanol–water partition coefficient (Wildman–Crippen LogP) is 3.85. The SMILES string of the molecule is CC(C)c1ncc(N)c(C(=O)Nc2cccc(Cl)c2Br)n1. The smallest absolute Gasteiger partial charge is 0.276 e. The number of nitrogens with one attached hydrogen (secondary N) is 1. The fourth-order valence-corrected chi connectivity index (χ4v) is 2.18. The van der Waals surface area contributed by atoms with Gasteiger partial charge in [-0.25, -0.2) is 9.97 Å². The van der Waals surface area contributed by atoms with Crippen molar-refractivity contribution >= 4 is 44.8 Å². The minimum atomic E-state index is -0.403. The Balaban J connectivity index is 2.32. The summed E-state index contributed by atoms with van der Waals surface area (Å²) in [6.45, 7) is 3.89. The molecule has 2 aromatic rings. The second kappa shape index (κ2) is 6.41. The summed E-state index contributed by atoms with van der Waals surface area (Å²) in [7, 11) is 0. The molecular weight excluding hydrogens is 356 g/mol. The van der Waals surface area contributed by atoms with Gasteiger partial charge in [0.2, 0.25) is 0 Å². The van der Waals surface area contributed by atoms with Crippen molar-refractivity contribution in [3.8, 4) is 0 Å². The van der Waals surface area contributed by atoms with Gasteiger partial charge in [-0.3, -0.25) is 4.79 Å². The van der Waals surface area contributed by atoms with Gasteiger partial charge >= 0.3 is 0 Å². The molecule has 2 rings (SSSR count). The molecule has 0 fully saturated rings. The zero-order chi connectivity index (χ0) is 15.6. The summed E-state index contributed by atoms with van der Waals surface area (Å²) < 4.78 is 0.608. The van der Waals surface area contributed by atoms with Crippen LogP contribution in [0.25, 0.3) is 0 Å². The fourth-order valence-electron chi connectivity index (χ4n) is 1.65. The van der Waals surface area contributed by atoms with E-state index in [2.05, 4.69) is 31.2 Å². The number of rotatable bonds is 3. The highest BCUT2D eigenvalue weighted by Gasteiger charge is 2.16. The van der Waals surface area contributed by atoms with E-state index >= 15 is 0 Å². The minimum Gasteiger partial charge on any atom is -0.396 e. The molecule has 0 aliphatic heterocycles. The molecule has 0 spiro atoms. The third kappa shape index (κ3) is 3.51. The largest absolute Gasteiger partial charge is 0.396 e. The summed E-state index contributed by atoms with van der Waals surface area (Å²) in [6, 6.07) is 5.19. The molecule has 0 aliphatic rings. The second-order valence-electron chi connectivity index (χ2n) is 4.74. The predicted molar refractivity (Wildman–Crippen MR) is 87.6 cm³/mol. The Bertz CT molecular complexity index is 691. The van der Waals surface area contributed by atoms with Gasteiger partial charge in [-0.2, -0.15) is 0 Å². The normalized spacial score (nSPS) is 10.7. The lowest BCUT2D eigenvalue weighted by molar-refractivity contribution is 0.102. The standard InChI is InChI=1S/C14H14BrClN4O/c1-7(2)13-18-6-9(17)12(20-13)14(21)19-10-5-3-4-8(16)11(10)15/h3-7H,17H2,1-2H3,(H,19,21). The first-order chi connectivity index (χ1) is 9.90. The van der Waals surface area contributed by atoms with Crippen molar-refractivity contribution in [3.63, 3.8) is 0 Å². The number of hydrogen-bond donors (Lipinski definition) is 2. The monoisotopic (exact) mass is 368 g/mol. The van der Waals surface area contributed by atoms with Crippen molar-refractivity contribution in [3.05, 3.63) is 45.4 Å². The summed E-state index contributed by atoms with van der Waals surface area (Å²) in [4.78, 5) is 20.7. The zero-order valence-electron chi connectivity index (χ0n) is 11.5. The van der Waals surface area contributed by atoms with Crippen molar-refractivity contribution in [1.82, 2.24) is 9.97 Å². The molecule has 0 radical (unpaired) electrons. The Morgan fingerprint density at radius 2 is 2.14 bits per heavy atom. The lowest BCUT2D eigenvalue weighted by Crippen LogP contribution is -2.18. The van der Waals surface area contributed by atoms with E-state index in [0.29, 0.717) is 21.0 Å². The molecular formula is C14H14BrClN4O. The highest BCUT2D eigenvalue weighted by molar-refractivity contribution is 9.10. The molecule has 0 atom stereocenters. The second-order valence-corrected chi connectivity index (χ2v) is 5.94. The van der Waals surface area contributed by atoms with Gasteiger partial charge in [0, 0.05) is 5.92 Å². The van der Waals surface area contributed by atoms with Crippen LogP contribution in [0.5, 0.6) is 0 Å². The van der Waals surface area contributed by atoms with E-state index in [4.69, 9.17) is 17.3 Å². The number of hydrogen-bond acceptors (Lipinski definition) is 4.